The Labute approximate surface area is 172 Å². The van der Waals surface area contributed by atoms with Gasteiger partial charge in [-0.15, -0.1) is 0 Å². The Morgan fingerprint density at radius 3 is 2.90 bits per heavy atom. The third-order valence-electron chi connectivity index (χ3n) is 6.01. The number of amides is 1. The summed E-state index contributed by atoms with van der Waals surface area (Å²) in [7, 11) is 1.65. The largest absolute Gasteiger partial charge is 0.496 e. The summed E-state index contributed by atoms with van der Waals surface area (Å²) >= 11 is 0. The van der Waals surface area contributed by atoms with Gasteiger partial charge < -0.3 is 20.1 Å². The van der Waals surface area contributed by atoms with Crippen LogP contribution in [0.15, 0.2) is 42.5 Å². The Morgan fingerprint density at radius 2 is 2.00 bits per heavy atom. The lowest BCUT2D eigenvalue weighted by molar-refractivity contribution is -0.126. The van der Waals surface area contributed by atoms with Crippen LogP contribution in [0.2, 0.25) is 0 Å². The molecule has 1 heterocycles. The van der Waals surface area contributed by atoms with Gasteiger partial charge in [0.1, 0.15) is 11.5 Å². The average Bonchev–Trinajstić information content (AvgIpc) is 3.24. The molecule has 2 aliphatic rings. The minimum atomic E-state index is -0.0351. The molecule has 0 unspecified atom stereocenters. The van der Waals surface area contributed by atoms with E-state index in [0.717, 1.165) is 36.4 Å². The first-order chi connectivity index (χ1) is 14.2. The summed E-state index contributed by atoms with van der Waals surface area (Å²) in [5, 5.41) is 6.47. The van der Waals surface area contributed by atoms with Gasteiger partial charge in [-0.1, -0.05) is 24.3 Å². The van der Waals surface area contributed by atoms with E-state index >= 15 is 0 Å². The summed E-state index contributed by atoms with van der Waals surface area (Å²) in [4.78, 5) is 12.7. The number of benzene rings is 2. The number of fused-ring (bicyclic) bond motifs is 1. The SMILES string of the molecule is COc1ccccc1CNC(=O)[C@H]1CNC[C@@H](COc2ccc3c(c2)CCC3)C1. The molecule has 0 saturated carbocycles. The van der Waals surface area contributed by atoms with E-state index < -0.39 is 0 Å². The van der Waals surface area contributed by atoms with Crippen LogP contribution in [0.25, 0.3) is 0 Å². The van der Waals surface area contributed by atoms with Crippen molar-refractivity contribution in [1.29, 1.82) is 0 Å². The number of carbonyl (C=O) groups excluding carboxylic acids is 1. The molecule has 1 aliphatic heterocycles. The first kappa shape index (κ1) is 19.8. The van der Waals surface area contributed by atoms with Crippen molar-refractivity contribution in [1.82, 2.24) is 10.6 Å². The van der Waals surface area contributed by atoms with Gasteiger partial charge in [-0.3, -0.25) is 4.79 Å². The first-order valence-electron chi connectivity index (χ1n) is 10.6. The molecule has 1 saturated heterocycles. The molecule has 5 heteroatoms. The molecule has 2 atom stereocenters. The molecule has 2 aromatic rings. The Morgan fingerprint density at radius 1 is 1.14 bits per heavy atom. The lowest BCUT2D eigenvalue weighted by atomic mass is 9.90. The van der Waals surface area contributed by atoms with Crippen LogP contribution < -0.4 is 20.1 Å². The van der Waals surface area contributed by atoms with Gasteiger partial charge in [-0.25, -0.2) is 0 Å². The van der Waals surface area contributed by atoms with Crippen LogP contribution in [-0.4, -0.2) is 32.7 Å². The first-order valence-corrected chi connectivity index (χ1v) is 10.6. The van der Waals surface area contributed by atoms with Crippen molar-refractivity contribution < 1.29 is 14.3 Å². The highest BCUT2D eigenvalue weighted by molar-refractivity contribution is 5.79. The molecule has 5 nitrogen and oxygen atoms in total. The lowest BCUT2D eigenvalue weighted by Gasteiger charge is -2.29. The molecule has 2 aromatic carbocycles. The molecular formula is C24H30N2O3. The van der Waals surface area contributed by atoms with Gasteiger partial charge in [0.2, 0.25) is 5.91 Å². The predicted octanol–water partition coefficient (Wildman–Crippen LogP) is 3.10. The van der Waals surface area contributed by atoms with Crippen molar-refractivity contribution in [3.8, 4) is 11.5 Å². The summed E-state index contributed by atoms with van der Waals surface area (Å²) in [6.45, 7) is 2.73. The van der Waals surface area contributed by atoms with Crippen molar-refractivity contribution in [2.75, 3.05) is 26.8 Å². The van der Waals surface area contributed by atoms with Gasteiger partial charge in [-0.05, 0) is 55.0 Å². The number of aryl methyl sites for hydroxylation is 2. The number of para-hydroxylation sites is 1. The molecule has 29 heavy (non-hydrogen) atoms. The Hall–Kier alpha value is -2.53. The van der Waals surface area contributed by atoms with E-state index in [0.29, 0.717) is 25.6 Å². The third-order valence-corrected chi connectivity index (χ3v) is 6.01. The summed E-state index contributed by atoms with van der Waals surface area (Å²) < 4.78 is 11.4. The normalized spacial score (nSPS) is 20.7. The zero-order valence-electron chi connectivity index (χ0n) is 17.1. The van der Waals surface area contributed by atoms with Gasteiger partial charge in [0.05, 0.1) is 19.6 Å². The maximum absolute atomic E-state index is 12.7. The Kier molecular flexibility index (Phi) is 6.35. The molecule has 0 bridgehead atoms. The van der Waals surface area contributed by atoms with Crippen molar-refractivity contribution >= 4 is 5.91 Å². The van der Waals surface area contributed by atoms with E-state index in [-0.39, 0.29) is 11.8 Å². The molecule has 0 aromatic heterocycles. The predicted molar refractivity (Wildman–Crippen MR) is 113 cm³/mol. The van der Waals surface area contributed by atoms with Gasteiger partial charge in [-0.2, -0.15) is 0 Å². The van der Waals surface area contributed by atoms with Crippen molar-refractivity contribution in [2.45, 2.75) is 32.2 Å². The number of piperidine rings is 1. The van der Waals surface area contributed by atoms with E-state index in [2.05, 4.69) is 28.8 Å². The van der Waals surface area contributed by atoms with Crippen LogP contribution in [-0.2, 0) is 24.2 Å². The average molecular weight is 395 g/mol. The highest BCUT2D eigenvalue weighted by Crippen LogP contribution is 2.27. The quantitative estimate of drug-likeness (QED) is 0.758. The number of nitrogens with one attached hydrogen (secondary N) is 2. The van der Waals surface area contributed by atoms with E-state index in [9.17, 15) is 4.79 Å². The van der Waals surface area contributed by atoms with Crippen LogP contribution in [0, 0.1) is 11.8 Å². The minimum absolute atomic E-state index is 0.0351. The maximum Gasteiger partial charge on any atom is 0.224 e. The smallest absolute Gasteiger partial charge is 0.224 e. The van der Waals surface area contributed by atoms with Gasteiger partial charge >= 0.3 is 0 Å². The van der Waals surface area contributed by atoms with E-state index in [1.54, 1.807) is 7.11 Å². The molecule has 154 valence electrons. The fraction of sp³-hybridized carbons (Fsp3) is 0.458. The minimum Gasteiger partial charge on any atom is -0.496 e. The number of hydrogen-bond acceptors (Lipinski definition) is 4. The lowest BCUT2D eigenvalue weighted by Crippen LogP contribution is -2.45. The summed E-state index contributed by atoms with van der Waals surface area (Å²) in [5.74, 6) is 2.14. The van der Waals surface area contributed by atoms with Crippen molar-refractivity contribution in [3.05, 3.63) is 59.2 Å². The standard InChI is InChI=1S/C24H30N2O3/c1-28-23-8-3-2-5-20(23)15-26-24(27)21-11-17(13-25-14-21)16-29-22-10-9-18-6-4-7-19(18)12-22/h2-3,5,8-10,12,17,21,25H,4,6-7,11,13-16H2,1H3,(H,26,27)/t17-,21+/m0/s1. The van der Waals surface area contributed by atoms with E-state index in [1.807, 2.05) is 24.3 Å². The molecule has 1 aliphatic carbocycles. The van der Waals surface area contributed by atoms with E-state index in [1.165, 1.54) is 24.0 Å². The molecule has 1 fully saturated rings. The van der Waals surface area contributed by atoms with Crippen LogP contribution in [0.4, 0.5) is 0 Å². The molecule has 2 N–H and O–H groups in total. The van der Waals surface area contributed by atoms with Crippen molar-refractivity contribution in [3.63, 3.8) is 0 Å². The molecule has 1 amide bonds. The van der Waals surface area contributed by atoms with Gasteiger partial charge in [0, 0.05) is 31.1 Å². The highest BCUT2D eigenvalue weighted by Gasteiger charge is 2.27. The second-order valence-electron chi connectivity index (χ2n) is 8.08. The van der Waals surface area contributed by atoms with E-state index in [4.69, 9.17) is 9.47 Å². The summed E-state index contributed by atoms with van der Waals surface area (Å²) in [5.41, 5.74) is 3.88. The molecule has 4 rings (SSSR count). The fourth-order valence-corrected chi connectivity index (χ4v) is 4.39. The second-order valence-corrected chi connectivity index (χ2v) is 8.08. The highest BCUT2D eigenvalue weighted by atomic mass is 16.5. The zero-order chi connectivity index (χ0) is 20.1. The summed E-state index contributed by atoms with van der Waals surface area (Å²) in [6.07, 6.45) is 4.44. The van der Waals surface area contributed by atoms with Crippen LogP contribution in [0.3, 0.4) is 0 Å². The van der Waals surface area contributed by atoms with Gasteiger partial charge in [0.15, 0.2) is 0 Å². The monoisotopic (exact) mass is 394 g/mol. The van der Waals surface area contributed by atoms with Crippen LogP contribution in [0.1, 0.15) is 29.5 Å². The third kappa shape index (κ3) is 4.91. The number of methoxy groups -OCH3 is 1. The number of carbonyl (C=O) groups is 1. The molecular weight excluding hydrogens is 364 g/mol. The number of rotatable bonds is 7. The van der Waals surface area contributed by atoms with Crippen LogP contribution >= 0.6 is 0 Å². The van der Waals surface area contributed by atoms with Crippen molar-refractivity contribution in [2.24, 2.45) is 11.8 Å². The number of ether oxygens (including phenoxy) is 2. The second kappa shape index (κ2) is 9.31. The maximum atomic E-state index is 12.7. The fourth-order valence-electron chi connectivity index (χ4n) is 4.39. The topological polar surface area (TPSA) is 59.6 Å². The molecule has 0 spiro atoms. The molecule has 0 radical (unpaired) electrons. The number of hydrogen-bond donors (Lipinski definition) is 2. The van der Waals surface area contributed by atoms with Crippen LogP contribution in [0.5, 0.6) is 11.5 Å². The zero-order valence-corrected chi connectivity index (χ0v) is 17.1. The van der Waals surface area contributed by atoms with Gasteiger partial charge in [0.25, 0.3) is 0 Å². The summed E-state index contributed by atoms with van der Waals surface area (Å²) in [6, 6.07) is 14.2. The Balaban J connectivity index is 1.27. The Bertz CT molecular complexity index is 852.